The minimum absolute atomic E-state index is 0.115. The number of rotatable bonds is 10. The third-order valence-corrected chi connectivity index (χ3v) is 6.38. The SMILES string of the molecule is CCOP(=O)(COc1cc(C)c(Cc2ccc(O)cc2N(C)C)c(C)c1)OCC. The second kappa shape index (κ2) is 10.1. The lowest BCUT2D eigenvalue weighted by atomic mass is 9.94. The molecular weight excluding hydrogens is 389 g/mol. The van der Waals surface area contributed by atoms with Crippen LogP contribution in [-0.2, 0) is 20.0 Å². The van der Waals surface area contributed by atoms with E-state index in [0.717, 1.165) is 28.8 Å². The molecule has 0 radical (unpaired) electrons. The Morgan fingerprint density at radius 3 is 2.10 bits per heavy atom. The first-order valence-electron chi connectivity index (χ1n) is 9.79. The molecular formula is C22H32NO5P. The van der Waals surface area contributed by atoms with Crippen LogP contribution in [0.3, 0.4) is 0 Å². The molecule has 0 unspecified atom stereocenters. The quantitative estimate of drug-likeness (QED) is 0.527. The van der Waals surface area contributed by atoms with Crippen molar-refractivity contribution in [1.29, 1.82) is 0 Å². The number of anilines is 1. The van der Waals surface area contributed by atoms with Crippen LogP contribution >= 0.6 is 7.60 Å². The zero-order valence-corrected chi connectivity index (χ0v) is 19.1. The molecule has 2 rings (SSSR count). The number of ether oxygens (including phenoxy) is 1. The molecule has 0 bridgehead atoms. The Morgan fingerprint density at radius 2 is 1.59 bits per heavy atom. The van der Waals surface area contributed by atoms with Gasteiger partial charge in [0.25, 0.3) is 0 Å². The minimum atomic E-state index is -3.26. The predicted octanol–water partition coefficient (Wildman–Crippen LogP) is 5.27. The van der Waals surface area contributed by atoms with Gasteiger partial charge in [0.1, 0.15) is 11.5 Å². The number of nitrogens with zero attached hydrogens (tertiary/aromatic N) is 1. The third kappa shape index (κ3) is 6.23. The molecule has 0 heterocycles. The molecule has 160 valence electrons. The average Bonchev–Trinajstić information content (AvgIpc) is 2.64. The Bertz CT molecular complexity index is 848. The van der Waals surface area contributed by atoms with Gasteiger partial charge in [-0.15, -0.1) is 0 Å². The molecule has 1 N–H and O–H groups in total. The van der Waals surface area contributed by atoms with E-state index in [1.54, 1.807) is 26.0 Å². The zero-order valence-electron chi connectivity index (χ0n) is 18.2. The van der Waals surface area contributed by atoms with Crippen molar-refractivity contribution in [1.82, 2.24) is 0 Å². The lowest BCUT2D eigenvalue weighted by molar-refractivity contribution is 0.197. The normalized spacial score (nSPS) is 11.5. The molecule has 2 aromatic rings. The van der Waals surface area contributed by atoms with Crippen molar-refractivity contribution in [2.24, 2.45) is 0 Å². The highest BCUT2D eigenvalue weighted by Gasteiger charge is 2.25. The van der Waals surface area contributed by atoms with Crippen LogP contribution in [0.15, 0.2) is 30.3 Å². The van der Waals surface area contributed by atoms with Gasteiger partial charge in [-0.25, -0.2) is 0 Å². The van der Waals surface area contributed by atoms with Crippen LogP contribution in [0, 0.1) is 13.8 Å². The van der Waals surface area contributed by atoms with E-state index in [0.29, 0.717) is 19.0 Å². The fourth-order valence-electron chi connectivity index (χ4n) is 3.28. The summed E-state index contributed by atoms with van der Waals surface area (Å²) in [6.45, 7) is 8.24. The maximum absolute atomic E-state index is 12.6. The summed E-state index contributed by atoms with van der Waals surface area (Å²) in [5.41, 5.74) is 5.48. The van der Waals surface area contributed by atoms with E-state index in [2.05, 4.69) is 0 Å². The van der Waals surface area contributed by atoms with Crippen LogP contribution in [0.4, 0.5) is 5.69 Å². The Labute approximate surface area is 173 Å². The fraction of sp³-hybridized carbons (Fsp3) is 0.455. The first-order chi connectivity index (χ1) is 13.7. The van der Waals surface area contributed by atoms with Crippen LogP contribution in [0.5, 0.6) is 11.5 Å². The molecule has 0 aliphatic rings. The maximum atomic E-state index is 12.6. The third-order valence-electron chi connectivity index (χ3n) is 4.63. The van der Waals surface area contributed by atoms with Crippen molar-refractivity contribution in [3.63, 3.8) is 0 Å². The first-order valence-corrected chi connectivity index (χ1v) is 11.5. The van der Waals surface area contributed by atoms with Crippen molar-refractivity contribution in [3.05, 3.63) is 52.6 Å². The number of hydrogen-bond acceptors (Lipinski definition) is 6. The van der Waals surface area contributed by atoms with E-state index in [9.17, 15) is 9.67 Å². The van der Waals surface area contributed by atoms with Crippen molar-refractivity contribution < 1.29 is 23.5 Å². The number of phenols is 1. The van der Waals surface area contributed by atoms with Gasteiger partial charge in [-0.05, 0) is 68.1 Å². The molecule has 29 heavy (non-hydrogen) atoms. The highest BCUT2D eigenvalue weighted by molar-refractivity contribution is 7.53. The van der Waals surface area contributed by atoms with E-state index < -0.39 is 7.60 Å². The van der Waals surface area contributed by atoms with Crippen LogP contribution in [0.1, 0.15) is 36.1 Å². The molecule has 0 aliphatic heterocycles. The highest BCUT2D eigenvalue weighted by Crippen LogP contribution is 2.48. The van der Waals surface area contributed by atoms with Crippen LogP contribution < -0.4 is 9.64 Å². The van der Waals surface area contributed by atoms with E-state index in [1.807, 2.05) is 51.0 Å². The zero-order chi connectivity index (χ0) is 21.6. The Hall–Kier alpha value is -2.01. The van der Waals surface area contributed by atoms with Gasteiger partial charge >= 0.3 is 7.60 Å². The minimum Gasteiger partial charge on any atom is -0.508 e. The van der Waals surface area contributed by atoms with E-state index in [1.165, 1.54) is 5.56 Å². The smallest absolute Gasteiger partial charge is 0.367 e. The van der Waals surface area contributed by atoms with Crippen LogP contribution in [0.25, 0.3) is 0 Å². The second-order valence-electron chi connectivity index (χ2n) is 7.14. The Kier molecular flexibility index (Phi) is 8.14. The predicted molar refractivity (Wildman–Crippen MR) is 118 cm³/mol. The van der Waals surface area contributed by atoms with Crippen molar-refractivity contribution >= 4 is 13.3 Å². The van der Waals surface area contributed by atoms with Gasteiger partial charge in [-0.1, -0.05) is 6.07 Å². The van der Waals surface area contributed by atoms with Crippen LogP contribution in [0.2, 0.25) is 0 Å². The molecule has 0 spiro atoms. The van der Waals surface area contributed by atoms with Gasteiger partial charge in [-0.3, -0.25) is 4.57 Å². The van der Waals surface area contributed by atoms with E-state index in [4.69, 9.17) is 13.8 Å². The van der Waals surface area contributed by atoms with Gasteiger partial charge in [0.15, 0.2) is 6.35 Å². The van der Waals surface area contributed by atoms with Gasteiger partial charge < -0.3 is 23.8 Å². The van der Waals surface area contributed by atoms with Gasteiger partial charge in [-0.2, -0.15) is 0 Å². The van der Waals surface area contributed by atoms with E-state index >= 15 is 0 Å². The summed E-state index contributed by atoms with van der Waals surface area (Å²) in [6, 6.07) is 9.33. The molecule has 0 saturated carbocycles. The Morgan fingerprint density at radius 1 is 1.00 bits per heavy atom. The number of aromatic hydroxyl groups is 1. The first kappa shape index (κ1) is 23.3. The molecule has 6 nitrogen and oxygen atoms in total. The lowest BCUT2D eigenvalue weighted by Gasteiger charge is -2.21. The van der Waals surface area contributed by atoms with Gasteiger partial charge in [0.05, 0.1) is 13.2 Å². The van der Waals surface area contributed by atoms with Gasteiger partial charge in [0.2, 0.25) is 0 Å². The second-order valence-corrected chi connectivity index (χ2v) is 9.14. The fourth-order valence-corrected chi connectivity index (χ4v) is 4.60. The number of benzene rings is 2. The summed E-state index contributed by atoms with van der Waals surface area (Å²) in [4.78, 5) is 2.00. The van der Waals surface area contributed by atoms with E-state index in [-0.39, 0.29) is 12.1 Å². The summed E-state index contributed by atoms with van der Waals surface area (Å²) >= 11 is 0. The summed E-state index contributed by atoms with van der Waals surface area (Å²) in [7, 11) is 0.669. The summed E-state index contributed by atoms with van der Waals surface area (Å²) in [5, 5.41) is 9.81. The number of phenolic OH excluding ortho intramolecular Hbond substituents is 1. The number of hydrogen-bond donors (Lipinski definition) is 1. The summed E-state index contributed by atoms with van der Waals surface area (Å²) in [6.07, 6.45) is 0.623. The maximum Gasteiger partial charge on any atom is 0.367 e. The molecule has 7 heteroatoms. The van der Waals surface area contributed by atoms with Crippen molar-refractivity contribution in [2.75, 3.05) is 38.6 Å². The van der Waals surface area contributed by atoms with Crippen LogP contribution in [-0.4, -0.2) is 38.8 Å². The molecule has 0 atom stereocenters. The summed E-state index contributed by atoms with van der Waals surface area (Å²) in [5.74, 6) is 0.893. The standard InChI is InChI=1S/C22H32NO5P/c1-7-27-29(25,28-8-2)15-26-20-11-16(3)21(17(4)12-20)13-18-9-10-19(24)14-22(18)23(5)6/h9-12,14,24H,7-8,13,15H2,1-6H3. The van der Waals surface area contributed by atoms with Crippen molar-refractivity contribution in [3.8, 4) is 11.5 Å². The highest BCUT2D eigenvalue weighted by atomic mass is 31.2. The van der Waals surface area contributed by atoms with Crippen molar-refractivity contribution in [2.45, 2.75) is 34.1 Å². The Balaban J connectivity index is 2.23. The molecule has 0 amide bonds. The number of aryl methyl sites for hydroxylation is 2. The molecule has 2 aromatic carbocycles. The monoisotopic (exact) mass is 421 g/mol. The molecule has 0 aromatic heterocycles. The average molecular weight is 421 g/mol. The molecule has 0 aliphatic carbocycles. The molecule has 0 fully saturated rings. The molecule has 0 saturated heterocycles. The lowest BCUT2D eigenvalue weighted by Crippen LogP contribution is -2.12. The topological polar surface area (TPSA) is 68.2 Å². The summed E-state index contributed by atoms with van der Waals surface area (Å²) < 4.78 is 28.9. The largest absolute Gasteiger partial charge is 0.508 e. The van der Waals surface area contributed by atoms with Gasteiger partial charge in [0, 0.05) is 32.3 Å².